The van der Waals surface area contributed by atoms with Gasteiger partial charge in [-0.15, -0.1) is 0 Å². The monoisotopic (exact) mass is 560 g/mol. The van der Waals surface area contributed by atoms with Gasteiger partial charge < -0.3 is 38.8 Å². The van der Waals surface area contributed by atoms with E-state index in [1.807, 2.05) is 54.6 Å². The zero-order valence-corrected chi connectivity index (χ0v) is 23.5. The standard InChI is InChI=1S/C31H32N2O8/c1-36-17-24-32-30-26-22(39-4)15-21(38-3)16-23(26)41-29(30,19-11-13-20(37-2)14-12-19)25(18-9-7-6-8-10-18)27(28(34)40-5)31(30,35)33-24/h6-16,25,27,35H,17H2,1-5H3,(H,32,33)/t25-,27+,29+,30-,31-/m1/s1. The number of benzene rings is 3. The third kappa shape index (κ3) is 3.37. The molecule has 0 saturated heterocycles. The molecule has 0 unspecified atom stereocenters. The molecule has 10 heteroatoms. The number of fused-ring (bicyclic) bond motifs is 1. The van der Waals surface area contributed by atoms with Crippen molar-refractivity contribution in [1.82, 2.24) is 5.32 Å². The summed E-state index contributed by atoms with van der Waals surface area (Å²) in [5, 5.41) is 16.5. The Morgan fingerprint density at radius 1 is 0.951 bits per heavy atom. The summed E-state index contributed by atoms with van der Waals surface area (Å²) in [6.45, 7) is 0.0560. The summed E-state index contributed by atoms with van der Waals surface area (Å²) in [7, 11) is 7.51. The fourth-order valence-corrected chi connectivity index (χ4v) is 7.05. The minimum atomic E-state index is -2.10. The summed E-state index contributed by atoms with van der Waals surface area (Å²) < 4.78 is 34.8. The summed E-state index contributed by atoms with van der Waals surface area (Å²) in [4.78, 5) is 18.6. The molecule has 214 valence electrons. The normalized spacial score (nSPS) is 28.9. The van der Waals surface area contributed by atoms with Crippen LogP contribution in [0.2, 0.25) is 0 Å². The Kier molecular flexibility index (Phi) is 6.35. The van der Waals surface area contributed by atoms with Gasteiger partial charge in [0.25, 0.3) is 0 Å². The van der Waals surface area contributed by atoms with Crippen LogP contribution in [0.5, 0.6) is 23.0 Å². The fourth-order valence-electron chi connectivity index (χ4n) is 7.05. The largest absolute Gasteiger partial charge is 0.497 e. The molecule has 5 atom stereocenters. The SMILES string of the molecule is COCC1=N[C@@]2(O)[C@H](C(=O)OC)[C@@H](c3ccccc3)[C@]3(c4ccc(OC)cc4)Oc4cc(OC)cc(OC)c4[C@]23N1. The molecule has 2 aliphatic heterocycles. The molecule has 3 aliphatic rings. The average Bonchev–Trinajstić information content (AvgIpc) is 3.53. The lowest BCUT2D eigenvalue weighted by molar-refractivity contribution is -0.156. The van der Waals surface area contributed by atoms with Crippen LogP contribution >= 0.6 is 0 Å². The van der Waals surface area contributed by atoms with Crippen LogP contribution in [0, 0.1) is 5.92 Å². The Morgan fingerprint density at radius 3 is 2.27 bits per heavy atom. The van der Waals surface area contributed by atoms with Crippen LogP contribution in [0.25, 0.3) is 0 Å². The van der Waals surface area contributed by atoms with Crippen molar-refractivity contribution >= 4 is 11.8 Å². The molecule has 0 radical (unpaired) electrons. The Bertz CT molecular complexity index is 1510. The molecule has 0 aromatic heterocycles. The van der Waals surface area contributed by atoms with E-state index in [0.29, 0.717) is 40.0 Å². The van der Waals surface area contributed by atoms with Gasteiger partial charge in [0.05, 0.1) is 34.0 Å². The Hall–Kier alpha value is -4.28. The van der Waals surface area contributed by atoms with Gasteiger partial charge in [-0.1, -0.05) is 42.5 Å². The number of hydrogen-bond acceptors (Lipinski definition) is 10. The molecule has 2 heterocycles. The first-order chi connectivity index (χ1) is 19.8. The quantitative estimate of drug-likeness (QED) is 0.401. The van der Waals surface area contributed by atoms with E-state index in [-0.39, 0.29) is 6.61 Å². The van der Waals surface area contributed by atoms with Gasteiger partial charge in [0, 0.05) is 25.2 Å². The maximum atomic E-state index is 13.8. The van der Waals surface area contributed by atoms with E-state index in [1.54, 1.807) is 26.4 Å². The van der Waals surface area contributed by atoms with E-state index in [9.17, 15) is 9.90 Å². The van der Waals surface area contributed by atoms with Gasteiger partial charge in [-0.3, -0.25) is 4.79 Å². The minimum absolute atomic E-state index is 0.0560. The molecule has 1 aliphatic carbocycles. The molecule has 3 aromatic rings. The molecule has 1 saturated carbocycles. The number of amidine groups is 1. The number of carbonyl (C=O) groups is 1. The number of esters is 1. The Morgan fingerprint density at radius 2 is 1.66 bits per heavy atom. The first-order valence-corrected chi connectivity index (χ1v) is 13.2. The molecule has 1 spiro atoms. The van der Waals surface area contributed by atoms with Gasteiger partial charge in [0.2, 0.25) is 5.72 Å². The smallest absolute Gasteiger partial charge is 0.314 e. The van der Waals surface area contributed by atoms with Crippen LogP contribution in [-0.4, -0.2) is 64.8 Å². The highest BCUT2D eigenvalue weighted by Crippen LogP contribution is 2.75. The number of methoxy groups -OCH3 is 5. The van der Waals surface area contributed by atoms with Gasteiger partial charge in [0.15, 0.2) is 11.1 Å². The van der Waals surface area contributed by atoms with Crippen LogP contribution in [-0.2, 0) is 25.4 Å². The van der Waals surface area contributed by atoms with Crippen molar-refractivity contribution < 1.29 is 38.3 Å². The summed E-state index contributed by atoms with van der Waals surface area (Å²) in [5.41, 5.74) is -3.17. The van der Waals surface area contributed by atoms with Gasteiger partial charge >= 0.3 is 5.97 Å². The number of carbonyl (C=O) groups excluding carboxylic acids is 1. The molecule has 3 aromatic carbocycles. The third-order valence-electron chi connectivity index (χ3n) is 8.51. The van der Waals surface area contributed by atoms with Crippen molar-refractivity contribution in [3.05, 3.63) is 83.4 Å². The summed E-state index contributed by atoms with van der Waals surface area (Å²) in [6, 6.07) is 20.3. The molecule has 2 N–H and O–H groups in total. The zero-order valence-electron chi connectivity index (χ0n) is 23.5. The van der Waals surface area contributed by atoms with E-state index < -0.39 is 34.7 Å². The van der Waals surface area contributed by atoms with Gasteiger partial charge in [-0.25, -0.2) is 4.99 Å². The number of hydrogen-bond donors (Lipinski definition) is 2. The lowest BCUT2D eigenvalue weighted by Crippen LogP contribution is -2.63. The lowest BCUT2D eigenvalue weighted by Gasteiger charge is -2.44. The van der Waals surface area contributed by atoms with Crippen LogP contribution in [0.1, 0.15) is 22.6 Å². The fraction of sp³-hybridized carbons (Fsp3) is 0.355. The number of nitrogens with one attached hydrogen (secondary N) is 1. The summed E-state index contributed by atoms with van der Waals surface area (Å²) >= 11 is 0. The summed E-state index contributed by atoms with van der Waals surface area (Å²) in [6.07, 6.45) is 0. The highest BCUT2D eigenvalue weighted by molar-refractivity contribution is 5.92. The maximum absolute atomic E-state index is 13.8. The third-order valence-corrected chi connectivity index (χ3v) is 8.51. The second kappa shape index (κ2) is 9.67. The molecule has 0 bridgehead atoms. The molecular formula is C31H32N2O8. The molecule has 0 amide bonds. The van der Waals surface area contributed by atoms with Crippen LogP contribution in [0.4, 0.5) is 0 Å². The van der Waals surface area contributed by atoms with Crippen molar-refractivity contribution in [2.75, 3.05) is 42.2 Å². The average molecular weight is 561 g/mol. The Balaban J connectivity index is 1.78. The van der Waals surface area contributed by atoms with Gasteiger partial charge in [-0.2, -0.15) is 0 Å². The van der Waals surface area contributed by atoms with E-state index >= 15 is 0 Å². The molecule has 10 nitrogen and oxygen atoms in total. The van der Waals surface area contributed by atoms with Gasteiger partial charge in [-0.05, 0) is 23.3 Å². The summed E-state index contributed by atoms with van der Waals surface area (Å²) in [5.74, 6) is -0.307. The second-order valence-corrected chi connectivity index (χ2v) is 10.3. The number of aliphatic imine (C=N–C) groups is 1. The van der Waals surface area contributed by atoms with Gasteiger partial charge in [0.1, 0.15) is 41.4 Å². The number of rotatable bonds is 8. The topological polar surface area (TPSA) is 117 Å². The second-order valence-electron chi connectivity index (χ2n) is 10.3. The van der Waals surface area contributed by atoms with Crippen LogP contribution < -0.4 is 24.3 Å². The number of aliphatic hydroxyl groups is 1. The van der Waals surface area contributed by atoms with E-state index in [4.69, 9.17) is 33.4 Å². The van der Waals surface area contributed by atoms with Crippen LogP contribution in [0.15, 0.2) is 71.7 Å². The maximum Gasteiger partial charge on any atom is 0.314 e. The first-order valence-electron chi connectivity index (χ1n) is 13.2. The molecular weight excluding hydrogens is 528 g/mol. The highest BCUT2D eigenvalue weighted by atomic mass is 16.5. The van der Waals surface area contributed by atoms with Crippen molar-refractivity contribution in [3.8, 4) is 23.0 Å². The minimum Gasteiger partial charge on any atom is -0.497 e. The van der Waals surface area contributed by atoms with Crippen molar-refractivity contribution in [2.45, 2.75) is 22.8 Å². The Labute approximate surface area is 237 Å². The van der Waals surface area contributed by atoms with Crippen molar-refractivity contribution in [3.63, 3.8) is 0 Å². The highest BCUT2D eigenvalue weighted by Gasteiger charge is 2.87. The molecule has 6 rings (SSSR count). The van der Waals surface area contributed by atoms with E-state index in [1.165, 1.54) is 21.3 Å². The lowest BCUT2D eigenvalue weighted by atomic mass is 9.68. The van der Waals surface area contributed by atoms with E-state index in [2.05, 4.69) is 5.32 Å². The van der Waals surface area contributed by atoms with Crippen LogP contribution in [0.3, 0.4) is 0 Å². The predicted octanol–water partition coefficient (Wildman–Crippen LogP) is 3.12. The number of ether oxygens (including phenoxy) is 6. The van der Waals surface area contributed by atoms with E-state index in [0.717, 1.165) is 5.56 Å². The van der Waals surface area contributed by atoms with Crippen molar-refractivity contribution in [1.29, 1.82) is 0 Å². The number of nitrogens with zero attached hydrogens (tertiary/aromatic N) is 1. The predicted molar refractivity (Wildman–Crippen MR) is 149 cm³/mol. The zero-order chi connectivity index (χ0) is 29.0. The molecule has 41 heavy (non-hydrogen) atoms. The first kappa shape index (κ1) is 26.9. The molecule has 1 fully saturated rings. The van der Waals surface area contributed by atoms with Crippen molar-refractivity contribution in [2.24, 2.45) is 10.9 Å².